The maximum atomic E-state index is 10.8. The summed E-state index contributed by atoms with van der Waals surface area (Å²) in [7, 11) is -0.259. The zero-order valence-electron chi connectivity index (χ0n) is 12.5. The summed E-state index contributed by atoms with van der Waals surface area (Å²) in [6.45, 7) is 11.7. The van der Waals surface area contributed by atoms with Crippen LogP contribution in [0.1, 0.15) is 33.6 Å². The van der Waals surface area contributed by atoms with Crippen molar-refractivity contribution in [2.75, 3.05) is 13.7 Å². The Kier molecular flexibility index (Phi) is 7.22. The first-order valence-corrected chi connectivity index (χ1v) is 9.21. The standard InChI is InChI=1S/C14H26O3Si/c1-14(2,3)18(5,6)17-12-10-8-7-9-11-13(15)16-4/h7,10H,9,11-12H2,1-6H3. The molecule has 0 saturated heterocycles. The molecule has 0 fully saturated rings. The van der Waals surface area contributed by atoms with Crippen LogP contribution in [0, 0.1) is 0 Å². The molecule has 0 saturated carbocycles. The van der Waals surface area contributed by atoms with Gasteiger partial charge < -0.3 is 9.16 Å². The highest BCUT2D eigenvalue weighted by Gasteiger charge is 2.36. The lowest BCUT2D eigenvalue weighted by Gasteiger charge is -2.35. The first-order chi connectivity index (χ1) is 8.20. The Bertz CT molecular complexity index is 320. The maximum Gasteiger partial charge on any atom is 0.305 e. The molecule has 0 rings (SSSR count). The van der Waals surface area contributed by atoms with Gasteiger partial charge in [0.15, 0.2) is 8.32 Å². The van der Waals surface area contributed by atoms with Gasteiger partial charge in [0.25, 0.3) is 0 Å². The van der Waals surface area contributed by atoms with Gasteiger partial charge in [-0.25, -0.2) is 0 Å². The monoisotopic (exact) mass is 270 g/mol. The second kappa shape index (κ2) is 7.57. The predicted molar refractivity (Wildman–Crippen MR) is 77.1 cm³/mol. The van der Waals surface area contributed by atoms with Gasteiger partial charge in [0.2, 0.25) is 0 Å². The zero-order chi connectivity index (χ0) is 14.2. The second-order valence-corrected chi connectivity index (χ2v) is 10.6. The molecule has 0 aliphatic heterocycles. The summed E-state index contributed by atoms with van der Waals surface area (Å²) < 4.78 is 10.5. The van der Waals surface area contributed by atoms with Crippen LogP contribution >= 0.6 is 0 Å². The number of hydrogen-bond donors (Lipinski definition) is 0. The van der Waals surface area contributed by atoms with Gasteiger partial charge >= 0.3 is 5.97 Å². The van der Waals surface area contributed by atoms with Crippen LogP contribution in [0.3, 0.4) is 0 Å². The number of ether oxygens (including phenoxy) is 1. The molecule has 0 aromatic carbocycles. The van der Waals surface area contributed by atoms with E-state index in [2.05, 4.69) is 44.3 Å². The number of esters is 1. The molecule has 0 aliphatic rings. The molecular weight excluding hydrogens is 244 g/mol. The highest BCUT2D eigenvalue weighted by atomic mass is 28.4. The fraction of sp³-hybridized carbons (Fsp3) is 0.714. The Morgan fingerprint density at radius 2 is 1.89 bits per heavy atom. The molecule has 0 aromatic heterocycles. The van der Waals surface area contributed by atoms with Crippen LogP contribution in [-0.4, -0.2) is 28.0 Å². The summed E-state index contributed by atoms with van der Waals surface area (Å²) >= 11 is 0. The Hall–Kier alpha value is -0.833. The summed E-state index contributed by atoms with van der Waals surface area (Å²) in [6, 6.07) is 0. The minimum Gasteiger partial charge on any atom is -0.469 e. The Labute approximate surface area is 112 Å². The molecule has 104 valence electrons. The second-order valence-electron chi connectivity index (χ2n) is 5.76. The van der Waals surface area contributed by atoms with E-state index in [1.165, 1.54) is 7.11 Å². The van der Waals surface area contributed by atoms with Crippen molar-refractivity contribution in [1.82, 2.24) is 0 Å². The van der Waals surface area contributed by atoms with Crippen molar-refractivity contribution in [1.29, 1.82) is 0 Å². The summed E-state index contributed by atoms with van der Waals surface area (Å²) in [6.07, 6.45) is 4.77. The molecule has 0 radical (unpaired) electrons. The van der Waals surface area contributed by atoms with Crippen LogP contribution in [-0.2, 0) is 14.0 Å². The topological polar surface area (TPSA) is 35.5 Å². The van der Waals surface area contributed by atoms with Crippen molar-refractivity contribution in [3.8, 4) is 0 Å². The molecule has 3 nitrogen and oxygen atoms in total. The molecule has 0 N–H and O–H groups in total. The molecule has 0 atom stereocenters. The van der Waals surface area contributed by atoms with E-state index in [9.17, 15) is 4.79 Å². The highest BCUT2D eigenvalue weighted by molar-refractivity contribution is 6.74. The lowest BCUT2D eigenvalue weighted by molar-refractivity contribution is -0.140. The Morgan fingerprint density at radius 1 is 1.28 bits per heavy atom. The van der Waals surface area contributed by atoms with E-state index in [1.807, 2.05) is 12.2 Å². The van der Waals surface area contributed by atoms with Gasteiger partial charge in [0.05, 0.1) is 13.7 Å². The smallest absolute Gasteiger partial charge is 0.305 e. The normalized spacial score (nSPS) is 11.7. The van der Waals surface area contributed by atoms with Crippen LogP contribution in [0.4, 0.5) is 0 Å². The average Bonchev–Trinajstić information content (AvgIpc) is 2.25. The summed E-state index contributed by atoms with van der Waals surface area (Å²) in [4.78, 5) is 10.8. The van der Waals surface area contributed by atoms with E-state index in [0.717, 1.165) is 0 Å². The molecule has 0 spiro atoms. The van der Waals surface area contributed by atoms with Crippen molar-refractivity contribution >= 4 is 14.3 Å². The fourth-order valence-electron chi connectivity index (χ4n) is 0.973. The third-order valence-electron chi connectivity index (χ3n) is 3.29. The zero-order valence-corrected chi connectivity index (χ0v) is 13.5. The minimum absolute atomic E-state index is 0.189. The largest absolute Gasteiger partial charge is 0.469 e. The van der Waals surface area contributed by atoms with Gasteiger partial charge in [-0.15, -0.1) is 5.73 Å². The SMILES string of the molecule is COC(=O)CCC=C=CCO[Si](C)(C)C(C)(C)C. The van der Waals surface area contributed by atoms with E-state index in [0.29, 0.717) is 19.4 Å². The maximum absolute atomic E-state index is 10.8. The fourth-order valence-corrected chi connectivity index (χ4v) is 1.91. The molecule has 0 unspecified atom stereocenters. The summed E-state index contributed by atoms with van der Waals surface area (Å²) in [5.41, 5.74) is 3.03. The summed E-state index contributed by atoms with van der Waals surface area (Å²) in [5.74, 6) is -0.189. The van der Waals surface area contributed by atoms with Gasteiger partial charge in [0.1, 0.15) is 0 Å². The quantitative estimate of drug-likeness (QED) is 0.419. The molecule has 4 heteroatoms. The number of hydrogen-bond acceptors (Lipinski definition) is 3. The number of methoxy groups -OCH3 is 1. The minimum atomic E-state index is -1.66. The number of carbonyl (C=O) groups excluding carboxylic acids is 1. The van der Waals surface area contributed by atoms with Gasteiger partial charge in [-0.1, -0.05) is 20.8 Å². The van der Waals surface area contributed by atoms with Gasteiger partial charge in [-0.05, 0) is 36.7 Å². The van der Waals surface area contributed by atoms with Crippen LogP contribution in [0.5, 0.6) is 0 Å². The van der Waals surface area contributed by atoms with Gasteiger partial charge in [-0.3, -0.25) is 4.79 Å². The van der Waals surface area contributed by atoms with Crippen LogP contribution in [0.15, 0.2) is 17.9 Å². The lowest BCUT2D eigenvalue weighted by atomic mass is 10.2. The third kappa shape index (κ3) is 6.79. The number of rotatable bonds is 6. The Balaban J connectivity index is 3.97. The highest BCUT2D eigenvalue weighted by Crippen LogP contribution is 2.36. The van der Waals surface area contributed by atoms with Gasteiger partial charge in [0, 0.05) is 6.42 Å². The van der Waals surface area contributed by atoms with Crippen molar-refractivity contribution in [2.24, 2.45) is 0 Å². The van der Waals surface area contributed by atoms with Crippen molar-refractivity contribution in [3.05, 3.63) is 17.9 Å². The molecule has 0 aromatic rings. The van der Waals surface area contributed by atoms with Crippen molar-refractivity contribution in [2.45, 2.75) is 51.7 Å². The predicted octanol–water partition coefficient (Wildman–Crippen LogP) is 3.67. The van der Waals surface area contributed by atoms with E-state index in [-0.39, 0.29) is 11.0 Å². The van der Waals surface area contributed by atoms with E-state index in [1.54, 1.807) is 0 Å². The first kappa shape index (κ1) is 17.2. The lowest BCUT2D eigenvalue weighted by Crippen LogP contribution is -2.40. The molecular formula is C14H26O3Si. The van der Waals surface area contributed by atoms with Crippen LogP contribution in [0.25, 0.3) is 0 Å². The molecule has 18 heavy (non-hydrogen) atoms. The number of carbonyl (C=O) groups is 1. The van der Waals surface area contributed by atoms with Crippen molar-refractivity contribution < 1.29 is 14.0 Å². The van der Waals surface area contributed by atoms with E-state index < -0.39 is 8.32 Å². The van der Waals surface area contributed by atoms with Crippen LogP contribution in [0.2, 0.25) is 18.1 Å². The van der Waals surface area contributed by atoms with Crippen LogP contribution < -0.4 is 0 Å². The van der Waals surface area contributed by atoms with E-state index >= 15 is 0 Å². The third-order valence-corrected chi connectivity index (χ3v) is 7.79. The molecule has 0 bridgehead atoms. The van der Waals surface area contributed by atoms with E-state index in [4.69, 9.17) is 4.43 Å². The summed E-state index contributed by atoms with van der Waals surface area (Å²) in [5, 5.41) is 0.232. The molecule has 0 amide bonds. The first-order valence-electron chi connectivity index (χ1n) is 6.31. The Morgan fingerprint density at radius 3 is 2.39 bits per heavy atom. The van der Waals surface area contributed by atoms with Crippen molar-refractivity contribution in [3.63, 3.8) is 0 Å². The molecule has 0 aliphatic carbocycles. The average molecular weight is 270 g/mol. The molecule has 0 heterocycles. The van der Waals surface area contributed by atoms with Gasteiger partial charge in [-0.2, -0.15) is 0 Å².